The molecule has 0 N–H and O–H groups in total. The number of aromatic nitrogens is 3. The maximum absolute atomic E-state index is 6.26. The Bertz CT molecular complexity index is 1010. The van der Waals surface area contributed by atoms with Crippen molar-refractivity contribution in [3.8, 4) is 5.75 Å². The smallest absolute Gasteiger partial charge is 0.198 e. The fourth-order valence-electron chi connectivity index (χ4n) is 3.76. The standard InChI is InChI=1S/C21H27N5OS2/c1-4-25-14-16(27-19-10-6-5-9-18(19)25)13-23(2)15-26-21(28)24(3)20(22-26)12-17-8-7-11-29-17/h5-11,16H,4,12-15H2,1-3H3/t16-/m1/s1. The number of hydrogen-bond donors (Lipinski definition) is 0. The molecule has 0 radical (unpaired) electrons. The van der Waals surface area contributed by atoms with Gasteiger partial charge in [-0.05, 0) is 49.8 Å². The minimum atomic E-state index is 0.110. The van der Waals surface area contributed by atoms with Crippen molar-refractivity contribution >= 4 is 29.2 Å². The van der Waals surface area contributed by atoms with Crippen LogP contribution in [0.15, 0.2) is 41.8 Å². The molecule has 1 aliphatic heterocycles. The van der Waals surface area contributed by atoms with Gasteiger partial charge in [-0.1, -0.05) is 18.2 Å². The zero-order chi connectivity index (χ0) is 20.4. The van der Waals surface area contributed by atoms with Gasteiger partial charge in [-0.25, -0.2) is 4.68 Å². The summed E-state index contributed by atoms with van der Waals surface area (Å²) in [6.45, 7) is 5.49. The number of ether oxygens (including phenoxy) is 1. The van der Waals surface area contributed by atoms with E-state index in [4.69, 9.17) is 22.1 Å². The molecule has 3 heterocycles. The first-order valence-corrected chi connectivity index (χ1v) is 11.2. The summed E-state index contributed by atoms with van der Waals surface area (Å²) in [5.41, 5.74) is 1.18. The molecule has 1 aromatic carbocycles. The second kappa shape index (κ2) is 8.69. The third-order valence-electron chi connectivity index (χ3n) is 5.24. The molecule has 8 heteroatoms. The Balaban J connectivity index is 1.42. The quantitative estimate of drug-likeness (QED) is 0.535. The van der Waals surface area contributed by atoms with E-state index in [2.05, 4.69) is 59.5 Å². The van der Waals surface area contributed by atoms with E-state index in [1.165, 1.54) is 10.6 Å². The Kier molecular flexibility index (Phi) is 6.03. The van der Waals surface area contributed by atoms with Gasteiger partial charge in [0.2, 0.25) is 0 Å². The lowest BCUT2D eigenvalue weighted by Crippen LogP contribution is -2.45. The highest BCUT2D eigenvalue weighted by molar-refractivity contribution is 7.71. The predicted octanol–water partition coefficient (Wildman–Crippen LogP) is 3.78. The fraction of sp³-hybridized carbons (Fsp3) is 0.429. The molecule has 6 nitrogen and oxygen atoms in total. The summed E-state index contributed by atoms with van der Waals surface area (Å²) in [4.78, 5) is 5.90. The molecule has 0 saturated heterocycles. The van der Waals surface area contributed by atoms with E-state index >= 15 is 0 Å². The molecule has 0 spiro atoms. The normalized spacial score (nSPS) is 16.1. The number of nitrogens with zero attached hydrogens (tertiary/aromatic N) is 5. The van der Waals surface area contributed by atoms with Crippen molar-refractivity contribution in [1.29, 1.82) is 0 Å². The van der Waals surface area contributed by atoms with Crippen LogP contribution < -0.4 is 9.64 Å². The minimum Gasteiger partial charge on any atom is -0.485 e. The Hall–Kier alpha value is -2.16. The number of hydrogen-bond acceptors (Lipinski definition) is 6. The number of benzene rings is 1. The second-order valence-corrected chi connectivity index (χ2v) is 8.84. The van der Waals surface area contributed by atoms with Gasteiger partial charge in [-0.15, -0.1) is 11.3 Å². The minimum absolute atomic E-state index is 0.110. The Morgan fingerprint density at radius 1 is 1.28 bits per heavy atom. The van der Waals surface area contributed by atoms with Crippen LogP contribution in [0.1, 0.15) is 17.6 Å². The number of para-hydroxylation sites is 2. The van der Waals surface area contributed by atoms with E-state index in [0.717, 1.165) is 42.4 Å². The van der Waals surface area contributed by atoms with Crippen molar-refractivity contribution in [2.24, 2.45) is 7.05 Å². The van der Waals surface area contributed by atoms with Crippen molar-refractivity contribution in [1.82, 2.24) is 19.2 Å². The van der Waals surface area contributed by atoms with E-state index < -0.39 is 0 Å². The molecule has 0 aliphatic carbocycles. The lowest BCUT2D eigenvalue weighted by atomic mass is 10.2. The van der Waals surface area contributed by atoms with Crippen molar-refractivity contribution in [2.75, 3.05) is 31.6 Å². The Morgan fingerprint density at radius 3 is 2.86 bits per heavy atom. The first kappa shape index (κ1) is 20.1. The summed E-state index contributed by atoms with van der Waals surface area (Å²) in [6, 6.07) is 12.5. The van der Waals surface area contributed by atoms with E-state index in [1.54, 1.807) is 11.3 Å². The van der Waals surface area contributed by atoms with Crippen molar-refractivity contribution in [3.05, 3.63) is 57.3 Å². The summed E-state index contributed by atoms with van der Waals surface area (Å²) >= 11 is 7.37. The molecule has 29 heavy (non-hydrogen) atoms. The summed E-state index contributed by atoms with van der Waals surface area (Å²) in [5, 5.41) is 6.87. The molecule has 154 valence electrons. The molecule has 1 aliphatic rings. The third kappa shape index (κ3) is 4.39. The highest BCUT2D eigenvalue weighted by Crippen LogP contribution is 2.32. The summed E-state index contributed by atoms with van der Waals surface area (Å²) in [5.74, 6) is 1.96. The van der Waals surface area contributed by atoms with Gasteiger partial charge in [0, 0.05) is 31.4 Å². The molecule has 4 rings (SSSR count). The number of fused-ring (bicyclic) bond motifs is 1. The van der Waals surface area contributed by atoms with Crippen LogP contribution in [0.3, 0.4) is 0 Å². The second-order valence-electron chi connectivity index (χ2n) is 7.44. The SMILES string of the molecule is CCN1C[C@@H](CN(C)Cn2nc(Cc3cccs3)n(C)c2=S)Oc2ccccc21. The van der Waals surface area contributed by atoms with Gasteiger partial charge in [0.1, 0.15) is 17.7 Å². The summed E-state index contributed by atoms with van der Waals surface area (Å²) in [7, 11) is 4.09. The van der Waals surface area contributed by atoms with Crippen molar-refractivity contribution in [3.63, 3.8) is 0 Å². The molecule has 2 aromatic heterocycles. The van der Waals surface area contributed by atoms with Crippen LogP contribution >= 0.6 is 23.6 Å². The molecule has 0 amide bonds. The maximum atomic E-state index is 6.26. The van der Waals surface area contributed by atoms with E-state index in [-0.39, 0.29) is 6.10 Å². The van der Waals surface area contributed by atoms with Gasteiger partial charge >= 0.3 is 0 Å². The van der Waals surface area contributed by atoms with Crippen LogP contribution in [0, 0.1) is 4.77 Å². The third-order valence-corrected chi connectivity index (χ3v) is 6.60. The van der Waals surface area contributed by atoms with Crippen LogP contribution in [0.4, 0.5) is 5.69 Å². The van der Waals surface area contributed by atoms with E-state index in [9.17, 15) is 0 Å². The molecule has 0 unspecified atom stereocenters. The van der Waals surface area contributed by atoms with Crippen LogP contribution in [-0.4, -0.2) is 52.0 Å². The average molecular weight is 430 g/mol. The van der Waals surface area contributed by atoms with Crippen LogP contribution in [0.25, 0.3) is 0 Å². The largest absolute Gasteiger partial charge is 0.485 e. The van der Waals surface area contributed by atoms with Gasteiger partial charge in [-0.2, -0.15) is 5.10 Å². The van der Waals surface area contributed by atoms with Gasteiger partial charge in [0.25, 0.3) is 0 Å². The number of anilines is 1. The van der Waals surface area contributed by atoms with Gasteiger partial charge in [0.05, 0.1) is 18.9 Å². The van der Waals surface area contributed by atoms with Gasteiger partial charge < -0.3 is 14.2 Å². The number of likely N-dealkylation sites (N-methyl/N-ethyl adjacent to an activating group) is 2. The topological polar surface area (TPSA) is 38.5 Å². The first-order chi connectivity index (χ1) is 14.0. The lowest BCUT2D eigenvalue weighted by molar-refractivity contribution is 0.123. The number of thiophene rings is 1. The monoisotopic (exact) mass is 429 g/mol. The summed E-state index contributed by atoms with van der Waals surface area (Å²) < 4.78 is 10.9. The predicted molar refractivity (Wildman–Crippen MR) is 121 cm³/mol. The van der Waals surface area contributed by atoms with E-state index in [1.807, 2.05) is 22.4 Å². The Morgan fingerprint density at radius 2 is 2.10 bits per heavy atom. The highest BCUT2D eigenvalue weighted by Gasteiger charge is 2.25. The van der Waals surface area contributed by atoms with Crippen molar-refractivity contribution in [2.45, 2.75) is 26.1 Å². The average Bonchev–Trinajstić information content (AvgIpc) is 3.32. The molecular weight excluding hydrogens is 402 g/mol. The zero-order valence-electron chi connectivity index (χ0n) is 17.1. The van der Waals surface area contributed by atoms with Gasteiger partial charge in [-0.3, -0.25) is 4.90 Å². The molecule has 0 fully saturated rings. The van der Waals surface area contributed by atoms with Crippen LogP contribution in [-0.2, 0) is 20.1 Å². The molecular formula is C21H27N5OS2. The fourth-order valence-corrected chi connectivity index (χ4v) is 4.66. The van der Waals surface area contributed by atoms with E-state index in [0.29, 0.717) is 6.67 Å². The number of rotatable bonds is 7. The van der Waals surface area contributed by atoms with Crippen LogP contribution in [0.2, 0.25) is 0 Å². The molecule has 0 bridgehead atoms. The molecule has 3 aromatic rings. The Labute approximate surface area is 180 Å². The lowest BCUT2D eigenvalue weighted by Gasteiger charge is -2.37. The van der Waals surface area contributed by atoms with Crippen molar-refractivity contribution < 1.29 is 4.74 Å². The maximum Gasteiger partial charge on any atom is 0.198 e. The zero-order valence-corrected chi connectivity index (χ0v) is 18.7. The highest BCUT2D eigenvalue weighted by atomic mass is 32.1. The van der Waals surface area contributed by atoms with Crippen LogP contribution in [0.5, 0.6) is 5.75 Å². The summed E-state index contributed by atoms with van der Waals surface area (Å²) in [6.07, 6.45) is 0.918. The van der Waals surface area contributed by atoms with Gasteiger partial charge in [0.15, 0.2) is 4.77 Å². The molecule has 0 saturated carbocycles. The first-order valence-electron chi connectivity index (χ1n) is 9.89. The molecule has 1 atom stereocenters.